The molecule has 1 fully saturated rings. The minimum absolute atomic E-state index is 0.337. The van der Waals surface area contributed by atoms with Crippen LogP contribution >= 0.6 is 0 Å². The molecule has 0 unspecified atom stereocenters. The van der Waals surface area contributed by atoms with Crippen LogP contribution in [0.5, 0.6) is 0 Å². The monoisotopic (exact) mass is 331 g/mol. The molecule has 0 bridgehead atoms. The van der Waals surface area contributed by atoms with Gasteiger partial charge in [0, 0.05) is 44.8 Å². The van der Waals surface area contributed by atoms with Gasteiger partial charge in [-0.25, -0.2) is 0 Å². The highest BCUT2D eigenvalue weighted by Gasteiger charge is 2.33. The van der Waals surface area contributed by atoms with Crippen molar-refractivity contribution in [3.05, 3.63) is 35.9 Å². The van der Waals surface area contributed by atoms with E-state index in [9.17, 15) is 9.59 Å². The fourth-order valence-corrected chi connectivity index (χ4v) is 3.12. The van der Waals surface area contributed by atoms with Gasteiger partial charge in [0.2, 0.25) is 0 Å². The third-order valence-electron chi connectivity index (χ3n) is 4.46. The maximum atomic E-state index is 12.5. The quantitative estimate of drug-likeness (QED) is 0.796. The zero-order chi connectivity index (χ0) is 17.7. The summed E-state index contributed by atoms with van der Waals surface area (Å²) in [6.07, 6.45) is 0. The fourth-order valence-electron chi connectivity index (χ4n) is 3.12. The number of hydrogen-bond acceptors (Lipinski definition) is 3. The minimum Gasteiger partial charge on any atom is -0.332 e. The van der Waals surface area contributed by atoms with Crippen molar-refractivity contribution in [2.75, 3.05) is 32.7 Å². The standard InChI is InChI=1S/C19H29N3O2/c1-5-22(19(2,3)4)18(24)17(23)21-13-11-20(12-14-21)15-16-9-7-6-8-10-16/h6-10H,5,11-15H2,1-4H3. The van der Waals surface area contributed by atoms with E-state index in [0.717, 1.165) is 19.6 Å². The van der Waals surface area contributed by atoms with Crippen LogP contribution in [0.25, 0.3) is 0 Å². The van der Waals surface area contributed by atoms with E-state index >= 15 is 0 Å². The zero-order valence-electron chi connectivity index (χ0n) is 15.3. The van der Waals surface area contributed by atoms with Crippen molar-refractivity contribution in [1.29, 1.82) is 0 Å². The number of hydrogen-bond donors (Lipinski definition) is 0. The molecule has 5 nitrogen and oxygen atoms in total. The van der Waals surface area contributed by atoms with Crippen molar-refractivity contribution in [2.45, 2.75) is 39.8 Å². The molecule has 1 saturated heterocycles. The fraction of sp³-hybridized carbons (Fsp3) is 0.579. The Balaban J connectivity index is 1.89. The predicted molar refractivity (Wildman–Crippen MR) is 95.4 cm³/mol. The number of rotatable bonds is 3. The number of amides is 2. The van der Waals surface area contributed by atoms with Crippen LogP contribution in [-0.2, 0) is 16.1 Å². The van der Waals surface area contributed by atoms with Gasteiger partial charge in [-0.2, -0.15) is 0 Å². The molecule has 2 amide bonds. The van der Waals surface area contributed by atoms with E-state index in [1.807, 2.05) is 45.9 Å². The van der Waals surface area contributed by atoms with Crippen LogP contribution in [0, 0.1) is 0 Å². The maximum absolute atomic E-state index is 12.5. The van der Waals surface area contributed by atoms with Crippen LogP contribution in [0.4, 0.5) is 0 Å². The summed E-state index contributed by atoms with van der Waals surface area (Å²) in [6, 6.07) is 10.3. The molecule has 1 aromatic carbocycles. The molecule has 0 atom stereocenters. The van der Waals surface area contributed by atoms with Gasteiger partial charge in [-0.3, -0.25) is 14.5 Å². The van der Waals surface area contributed by atoms with Gasteiger partial charge in [0.15, 0.2) is 0 Å². The Morgan fingerprint density at radius 3 is 2.12 bits per heavy atom. The number of carbonyl (C=O) groups is 2. The first kappa shape index (κ1) is 18.5. The van der Waals surface area contributed by atoms with Gasteiger partial charge in [-0.15, -0.1) is 0 Å². The average molecular weight is 331 g/mol. The second-order valence-corrected chi connectivity index (χ2v) is 7.27. The van der Waals surface area contributed by atoms with Crippen molar-refractivity contribution in [1.82, 2.24) is 14.7 Å². The molecule has 0 radical (unpaired) electrons. The van der Waals surface area contributed by atoms with Gasteiger partial charge in [0.05, 0.1) is 0 Å². The number of piperazine rings is 1. The zero-order valence-corrected chi connectivity index (χ0v) is 15.3. The molecule has 1 aromatic rings. The number of carbonyl (C=O) groups excluding carboxylic acids is 2. The second-order valence-electron chi connectivity index (χ2n) is 7.27. The summed E-state index contributed by atoms with van der Waals surface area (Å²) in [7, 11) is 0. The smallest absolute Gasteiger partial charge is 0.312 e. The van der Waals surface area contributed by atoms with E-state index in [0.29, 0.717) is 19.6 Å². The lowest BCUT2D eigenvalue weighted by Gasteiger charge is -2.38. The third kappa shape index (κ3) is 4.57. The van der Waals surface area contributed by atoms with Gasteiger partial charge in [0.1, 0.15) is 0 Å². The van der Waals surface area contributed by atoms with E-state index < -0.39 is 0 Å². The third-order valence-corrected chi connectivity index (χ3v) is 4.46. The first-order chi connectivity index (χ1) is 11.3. The van der Waals surface area contributed by atoms with E-state index in [2.05, 4.69) is 17.0 Å². The van der Waals surface area contributed by atoms with Crippen molar-refractivity contribution in [3.8, 4) is 0 Å². The highest BCUT2D eigenvalue weighted by atomic mass is 16.2. The van der Waals surface area contributed by atoms with E-state index in [1.54, 1.807) is 9.80 Å². The van der Waals surface area contributed by atoms with Crippen molar-refractivity contribution in [2.24, 2.45) is 0 Å². The lowest BCUT2D eigenvalue weighted by molar-refractivity contribution is -0.155. The molecular weight excluding hydrogens is 302 g/mol. The average Bonchev–Trinajstić information content (AvgIpc) is 2.55. The summed E-state index contributed by atoms with van der Waals surface area (Å²) in [6.45, 7) is 12.0. The van der Waals surface area contributed by atoms with Crippen LogP contribution in [-0.4, -0.2) is 64.8 Å². The first-order valence-electron chi connectivity index (χ1n) is 8.70. The SMILES string of the molecule is CCN(C(=O)C(=O)N1CCN(Cc2ccccc2)CC1)C(C)(C)C. The van der Waals surface area contributed by atoms with Gasteiger partial charge in [0.25, 0.3) is 0 Å². The Morgan fingerprint density at radius 2 is 1.62 bits per heavy atom. The summed E-state index contributed by atoms with van der Waals surface area (Å²) in [5, 5.41) is 0. The molecule has 0 spiro atoms. The van der Waals surface area contributed by atoms with Gasteiger partial charge in [-0.05, 0) is 33.3 Å². The van der Waals surface area contributed by atoms with Gasteiger partial charge < -0.3 is 9.80 Å². The van der Waals surface area contributed by atoms with Crippen LogP contribution in [0.1, 0.15) is 33.3 Å². The molecule has 1 aliphatic heterocycles. The van der Waals surface area contributed by atoms with Gasteiger partial charge >= 0.3 is 11.8 Å². The second kappa shape index (κ2) is 7.79. The first-order valence-corrected chi connectivity index (χ1v) is 8.70. The Hall–Kier alpha value is -1.88. The van der Waals surface area contributed by atoms with E-state index in [1.165, 1.54) is 5.56 Å². The number of benzene rings is 1. The molecular formula is C19H29N3O2. The molecule has 2 rings (SSSR count). The molecule has 132 valence electrons. The van der Waals surface area contributed by atoms with E-state index in [-0.39, 0.29) is 17.4 Å². The largest absolute Gasteiger partial charge is 0.332 e. The lowest BCUT2D eigenvalue weighted by Crippen LogP contribution is -2.56. The molecule has 0 saturated carbocycles. The number of nitrogens with zero attached hydrogens (tertiary/aromatic N) is 3. The maximum Gasteiger partial charge on any atom is 0.312 e. The summed E-state index contributed by atoms with van der Waals surface area (Å²) in [4.78, 5) is 30.7. The van der Waals surface area contributed by atoms with Crippen molar-refractivity contribution in [3.63, 3.8) is 0 Å². The molecule has 1 aliphatic rings. The summed E-state index contributed by atoms with van der Waals surface area (Å²) >= 11 is 0. The van der Waals surface area contributed by atoms with E-state index in [4.69, 9.17) is 0 Å². The van der Waals surface area contributed by atoms with Crippen LogP contribution in [0.2, 0.25) is 0 Å². The Kier molecular flexibility index (Phi) is 5.99. The van der Waals surface area contributed by atoms with Gasteiger partial charge in [-0.1, -0.05) is 30.3 Å². The minimum atomic E-state index is -0.387. The topological polar surface area (TPSA) is 43.9 Å². The van der Waals surface area contributed by atoms with Crippen molar-refractivity contribution < 1.29 is 9.59 Å². The molecule has 0 aromatic heterocycles. The molecule has 1 heterocycles. The number of likely N-dealkylation sites (N-methyl/N-ethyl adjacent to an activating group) is 1. The highest BCUT2D eigenvalue weighted by molar-refractivity contribution is 6.35. The highest BCUT2D eigenvalue weighted by Crippen LogP contribution is 2.15. The molecule has 5 heteroatoms. The summed E-state index contributed by atoms with van der Waals surface area (Å²) < 4.78 is 0. The molecule has 0 N–H and O–H groups in total. The molecule has 24 heavy (non-hydrogen) atoms. The molecule has 0 aliphatic carbocycles. The normalized spacial score (nSPS) is 16.1. The van der Waals surface area contributed by atoms with Crippen molar-refractivity contribution >= 4 is 11.8 Å². The summed E-state index contributed by atoms with van der Waals surface area (Å²) in [5.74, 6) is -0.757. The van der Waals surface area contributed by atoms with Crippen LogP contribution in [0.15, 0.2) is 30.3 Å². The Labute approximate surface area is 145 Å². The van der Waals surface area contributed by atoms with Crippen LogP contribution < -0.4 is 0 Å². The Morgan fingerprint density at radius 1 is 1.04 bits per heavy atom. The summed E-state index contributed by atoms with van der Waals surface area (Å²) in [5.41, 5.74) is 0.939. The Bertz CT molecular complexity index is 558. The predicted octanol–water partition coefficient (Wildman–Crippen LogP) is 1.98. The lowest BCUT2D eigenvalue weighted by atomic mass is 10.1. The van der Waals surface area contributed by atoms with Crippen LogP contribution in [0.3, 0.4) is 0 Å².